The normalized spacial score (nSPS) is 12.7. The Labute approximate surface area is 411 Å². The highest BCUT2D eigenvalue weighted by Gasteiger charge is 2.18. The van der Waals surface area contributed by atoms with Crippen molar-refractivity contribution in [3.8, 4) is 0 Å². The molecule has 66 heavy (non-hydrogen) atoms. The number of nitrogens with one attached hydrogen (secondary N) is 1. The lowest BCUT2D eigenvalue weighted by Crippen LogP contribution is -2.45. The van der Waals surface area contributed by atoms with Gasteiger partial charge in [0.05, 0.1) is 25.4 Å². The van der Waals surface area contributed by atoms with Crippen LogP contribution in [0.25, 0.3) is 0 Å². The Kier molecular flexibility index (Phi) is 54.5. The van der Waals surface area contributed by atoms with Gasteiger partial charge in [0.1, 0.15) is 0 Å². The average molecular weight is 931 g/mol. The van der Waals surface area contributed by atoms with Gasteiger partial charge in [0.2, 0.25) is 5.91 Å². The minimum Gasteiger partial charge on any atom is -0.466 e. The van der Waals surface area contributed by atoms with E-state index in [2.05, 4.69) is 31.3 Å². The summed E-state index contributed by atoms with van der Waals surface area (Å²) in [7, 11) is 0. The largest absolute Gasteiger partial charge is 0.466 e. The minimum atomic E-state index is -0.862. The second kappa shape index (κ2) is 55.9. The van der Waals surface area contributed by atoms with Crippen molar-refractivity contribution in [1.29, 1.82) is 0 Å². The molecule has 2 atom stereocenters. The van der Waals surface area contributed by atoms with Crippen LogP contribution in [0, 0.1) is 0 Å². The quantitative estimate of drug-likeness (QED) is 0.0321. The lowest BCUT2D eigenvalue weighted by molar-refractivity contribution is -0.143. The summed E-state index contributed by atoms with van der Waals surface area (Å²) in [6, 6.07) is -0.648. The molecule has 0 radical (unpaired) electrons. The van der Waals surface area contributed by atoms with E-state index >= 15 is 0 Å². The molecule has 6 heteroatoms. The number of esters is 1. The van der Waals surface area contributed by atoms with Gasteiger partial charge in [-0.05, 0) is 57.8 Å². The first-order valence-electron chi connectivity index (χ1n) is 29.6. The molecule has 0 aliphatic rings. The number of allylic oxidation sites excluding steroid dienone is 3. The van der Waals surface area contributed by atoms with E-state index in [9.17, 15) is 19.8 Å². The third kappa shape index (κ3) is 51.7. The SMILES string of the molecule is CCCCCCCCCCCCCCCCCCCC/C=C/C(O)C(CO)NC(=O)CCCCC/C=C\CCCCCCCCOC(=O)CCCCCCCCCCCCCCCCCC. The van der Waals surface area contributed by atoms with Gasteiger partial charge in [0.15, 0.2) is 0 Å². The molecule has 3 N–H and O–H groups in total. The standard InChI is InChI=1S/C60H115NO5/c1-3-5-7-9-11-13-15-17-19-21-22-23-24-25-28-32-36-40-44-48-52-58(63)57(56-62)61-59(64)53-49-45-41-37-33-29-27-31-35-39-43-47-51-55-66-60(65)54-50-46-42-38-34-30-26-20-18-16-14-12-10-8-6-4-2/h29,33,48,52,57-58,62-63H,3-28,30-32,34-47,49-51,53-56H2,1-2H3,(H,61,64)/b33-29-,52-48+. The monoisotopic (exact) mass is 930 g/mol. The molecule has 390 valence electrons. The number of aliphatic hydroxyl groups excluding tert-OH is 2. The highest BCUT2D eigenvalue weighted by molar-refractivity contribution is 5.76. The van der Waals surface area contributed by atoms with Gasteiger partial charge in [0, 0.05) is 12.8 Å². The molecule has 0 spiro atoms. The first-order chi connectivity index (χ1) is 32.5. The predicted octanol–water partition coefficient (Wildman–Crippen LogP) is 18.2. The Balaban J connectivity index is 3.51. The summed E-state index contributed by atoms with van der Waals surface area (Å²) in [5, 5.41) is 23.1. The number of aliphatic hydroxyl groups is 2. The fourth-order valence-electron chi connectivity index (χ4n) is 9.16. The van der Waals surface area contributed by atoms with Crippen LogP contribution in [-0.4, -0.2) is 47.4 Å². The number of carbonyl (C=O) groups excluding carboxylic acids is 2. The molecule has 2 unspecified atom stereocenters. The van der Waals surface area contributed by atoms with Crippen molar-refractivity contribution in [3.05, 3.63) is 24.3 Å². The van der Waals surface area contributed by atoms with Gasteiger partial charge in [0.25, 0.3) is 0 Å². The van der Waals surface area contributed by atoms with Crippen molar-refractivity contribution < 1.29 is 24.5 Å². The molecule has 0 saturated carbocycles. The molecule has 0 fully saturated rings. The number of hydrogen-bond acceptors (Lipinski definition) is 5. The second-order valence-electron chi connectivity index (χ2n) is 20.3. The van der Waals surface area contributed by atoms with E-state index < -0.39 is 12.1 Å². The summed E-state index contributed by atoms with van der Waals surface area (Å²) in [4.78, 5) is 24.5. The summed E-state index contributed by atoms with van der Waals surface area (Å²) in [5.74, 6) is -0.105. The molecule has 6 nitrogen and oxygen atoms in total. The van der Waals surface area contributed by atoms with Crippen molar-refractivity contribution in [2.75, 3.05) is 13.2 Å². The highest BCUT2D eigenvalue weighted by atomic mass is 16.5. The molecule has 0 aromatic rings. The molecule has 0 rings (SSSR count). The Morgan fingerprint density at radius 2 is 0.712 bits per heavy atom. The van der Waals surface area contributed by atoms with Crippen LogP contribution in [0.4, 0.5) is 0 Å². The lowest BCUT2D eigenvalue weighted by atomic mass is 10.0. The van der Waals surface area contributed by atoms with E-state index in [0.29, 0.717) is 19.4 Å². The molecule has 0 aromatic carbocycles. The number of unbranched alkanes of at least 4 members (excludes halogenated alkanes) is 42. The Morgan fingerprint density at radius 1 is 0.409 bits per heavy atom. The second-order valence-corrected chi connectivity index (χ2v) is 20.3. The zero-order chi connectivity index (χ0) is 47.9. The van der Waals surface area contributed by atoms with Crippen molar-refractivity contribution in [3.63, 3.8) is 0 Å². The Morgan fingerprint density at radius 3 is 1.09 bits per heavy atom. The maximum absolute atomic E-state index is 12.5. The maximum Gasteiger partial charge on any atom is 0.305 e. The molecule has 1 amide bonds. The summed E-state index contributed by atoms with van der Waals surface area (Å²) in [6.45, 7) is 4.88. The number of hydrogen-bond donors (Lipinski definition) is 3. The van der Waals surface area contributed by atoms with Crippen molar-refractivity contribution in [1.82, 2.24) is 5.32 Å². The van der Waals surface area contributed by atoms with Crippen LogP contribution in [-0.2, 0) is 14.3 Å². The van der Waals surface area contributed by atoms with E-state index in [1.807, 2.05) is 6.08 Å². The maximum atomic E-state index is 12.5. The molecule has 0 aliphatic heterocycles. The van der Waals surface area contributed by atoms with Gasteiger partial charge >= 0.3 is 5.97 Å². The first-order valence-corrected chi connectivity index (χ1v) is 29.6. The average Bonchev–Trinajstić information content (AvgIpc) is 3.32. The fourth-order valence-corrected chi connectivity index (χ4v) is 9.16. The van der Waals surface area contributed by atoms with Crippen LogP contribution in [0.2, 0.25) is 0 Å². The van der Waals surface area contributed by atoms with Crippen LogP contribution in [0.1, 0.15) is 322 Å². The third-order valence-corrected chi connectivity index (χ3v) is 13.7. The van der Waals surface area contributed by atoms with Gasteiger partial charge in [-0.25, -0.2) is 0 Å². The van der Waals surface area contributed by atoms with Crippen LogP contribution in [0.15, 0.2) is 24.3 Å². The fraction of sp³-hybridized carbons (Fsp3) is 0.900. The number of carbonyl (C=O) groups is 2. The van der Waals surface area contributed by atoms with E-state index in [0.717, 1.165) is 70.6 Å². The van der Waals surface area contributed by atoms with Crippen LogP contribution in [0.3, 0.4) is 0 Å². The van der Waals surface area contributed by atoms with E-state index in [1.165, 1.54) is 225 Å². The molecule has 0 saturated heterocycles. The first kappa shape index (κ1) is 64.3. The molecular weight excluding hydrogens is 815 g/mol. The molecule has 0 bridgehead atoms. The zero-order valence-corrected chi connectivity index (χ0v) is 44.4. The van der Waals surface area contributed by atoms with Gasteiger partial charge in [-0.2, -0.15) is 0 Å². The van der Waals surface area contributed by atoms with Crippen molar-refractivity contribution >= 4 is 11.9 Å². The predicted molar refractivity (Wildman–Crippen MR) is 287 cm³/mol. The van der Waals surface area contributed by atoms with Gasteiger partial charge < -0.3 is 20.3 Å². The van der Waals surface area contributed by atoms with Gasteiger partial charge in [-0.15, -0.1) is 0 Å². The Hall–Kier alpha value is -1.66. The van der Waals surface area contributed by atoms with Crippen LogP contribution >= 0.6 is 0 Å². The molecule has 0 heterocycles. The zero-order valence-electron chi connectivity index (χ0n) is 44.4. The van der Waals surface area contributed by atoms with Crippen LogP contribution in [0.5, 0.6) is 0 Å². The van der Waals surface area contributed by atoms with Crippen LogP contribution < -0.4 is 5.32 Å². The summed E-state index contributed by atoms with van der Waals surface area (Å²) >= 11 is 0. The van der Waals surface area contributed by atoms with E-state index in [1.54, 1.807) is 6.08 Å². The van der Waals surface area contributed by atoms with Crippen molar-refractivity contribution in [2.45, 2.75) is 334 Å². The highest BCUT2D eigenvalue weighted by Crippen LogP contribution is 2.17. The summed E-state index contributed by atoms with van der Waals surface area (Å²) in [5.41, 5.74) is 0. The summed E-state index contributed by atoms with van der Waals surface area (Å²) in [6.07, 6.45) is 67.7. The number of amides is 1. The molecule has 0 aliphatic carbocycles. The minimum absolute atomic E-state index is 0.0101. The lowest BCUT2D eigenvalue weighted by Gasteiger charge is -2.19. The molecule has 0 aromatic heterocycles. The third-order valence-electron chi connectivity index (χ3n) is 13.7. The number of ether oxygens (including phenoxy) is 1. The van der Waals surface area contributed by atoms with E-state index in [4.69, 9.17) is 4.74 Å². The summed E-state index contributed by atoms with van der Waals surface area (Å²) < 4.78 is 5.47. The smallest absolute Gasteiger partial charge is 0.305 e. The van der Waals surface area contributed by atoms with E-state index in [-0.39, 0.29) is 18.5 Å². The van der Waals surface area contributed by atoms with Gasteiger partial charge in [-0.1, -0.05) is 276 Å². The molecular formula is C60H115NO5. The van der Waals surface area contributed by atoms with Gasteiger partial charge in [-0.3, -0.25) is 9.59 Å². The number of rotatable bonds is 55. The Bertz CT molecular complexity index is 1030. The van der Waals surface area contributed by atoms with Crippen molar-refractivity contribution in [2.24, 2.45) is 0 Å². The topological polar surface area (TPSA) is 95.9 Å².